The van der Waals surface area contributed by atoms with Gasteiger partial charge in [-0.3, -0.25) is 4.90 Å². The fraction of sp³-hybridized carbons (Fsp3) is 1.00. The van der Waals surface area contributed by atoms with Gasteiger partial charge in [0.1, 0.15) is 0 Å². The lowest BCUT2D eigenvalue weighted by molar-refractivity contribution is 0.0371. The van der Waals surface area contributed by atoms with E-state index in [1.165, 1.54) is 90.0 Å². The van der Waals surface area contributed by atoms with E-state index in [1.54, 1.807) is 0 Å². The van der Waals surface area contributed by atoms with Gasteiger partial charge in [-0.25, -0.2) is 0 Å². The zero-order valence-electron chi connectivity index (χ0n) is 15.7. The summed E-state index contributed by atoms with van der Waals surface area (Å²) in [6, 6.07) is 0. The predicted molar refractivity (Wildman–Crippen MR) is 105 cm³/mol. The molecule has 0 unspecified atom stereocenters. The van der Waals surface area contributed by atoms with Crippen molar-refractivity contribution in [2.45, 2.75) is 90.4 Å². The Hall–Kier alpha value is 0.170. The van der Waals surface area contributed by atoms with Crippen molar-refractivity contribution in [2.75, 3.05) is 32.8 Å². The lowest BCUT2D eigenvalue weighted by Crippen LogP contribution is -2.36. The molecule has 23 heavy (non-hydrogen) atoms. The summed E-state index contributed by atoms with van der Waals surface area (Å²) in [4.78, 5) is 2.56. The Morgan fingerprint density at radius 3 is 1.48 bits per heavy atom. The summed E-state index contributed by atoms with van der Waals surface area (Å²) < 4.78 is 5.38. The molecule has 1 fully saturated rings. The summed E-state index contributed by atoms with van der Waals surface area (Å²) >= 11 is 0. The Bertz CT molecular complexity index is 212. The third kappa shape index (κ3) is 16.8. The molecule has 0 amide bonds. The molecule has 1 rings (SSSR count). The Labute approximate surface area is 151 Å². The van der Waals surface area contributed by atoms with Gasteiger partial charge in [0.2, 0.25) is 0 Å². The topological polar surface area (TPSA) is 47.5 Å². The van der Waals surface area contributed by atoms with Crippen LogP contribution in [0.15, 0.2) is 0 Å². The van der Waals surface area contributed by atoms with E-state index in [0.717, 1.165) is 26.3 Å². The molecule has 1 aliphatic rings. The van der Waals surface area contributed by atoms with Crippen LogP contribution in [0.5, 0.6) is 0 Å². The van der Waals surface area contributed by atoms with Gasteiger partial charge in [0, 0.05) is 13.1 Å². The van der Waals surface area contributed by atoms with Crippen LogP contribution >= 0.6 is 12.4 Å². The quantitative estimate of drug-likeness (QED) is 0.391. The zero-order chi connectivity index (χ0) is 15.0. The van der Waals surface area contributed by atoms with Crippen molar-refractivity contribution in [3.63, 3.8) is 0 Å². The van der Waals surface area contributed by atoms with E-state index in [1.807, 2.05) is 0 Å². The standard InChI is InChI=1S/C19H39NO.ClH.H3N/c1-2-3-4-5-6-7-8-9-10-11-12-13-14-15-20-16-18-21-19-17-20;;/h2-19H2,1H3;1H;1H3. The van der Waals surface area contributed by atoms with E-state index < -0.39 is 0 Å². The van der Waals surface area contributed by atoms with Crippen LogP contribution in [0.1, 0.15) is 90.4 Å². The zero-order valence-corrected chi connectivity index (χ0v) is 16.5. The third-order valence-corrected chi connectivity index (χ3v) is 4.68. The molecule has 1 heterocycles. The average molecular weight is 351 g/mol. The van der Waals surface area contributed by atoms with E-state index in [9.17, 15) is 0 Å². The normalized spacial score (nSPS) is 15.0. The van der Waals surface area contributed by atoms with Crippen molar-refractivity contribution in [1.29, 1.82) is 0 Å². The van der Waals surface area contributed by atoms with E-state index in [-0.39, 0.29) is 18.6 Å². The van der Waals surface area contributed by atoms with Gasteiger partial charge in [0.05, 0.1) is 13.2 Å². The van der Waals surface area contributed by atoms with E-state index in [4.69, 9.17) is 4.74 Å². The Morgan fingerprint density at radius 1 is 0.652 bits per heavy atom. The number of ether oxygens (including phenoxy) is 1. The molecule has 0 aromatic heterocycles. The number of unbranched alkanes of at least 4 members (excludes halogenated alkanes) is 12. The molecule has 1 aliphatic heterocycles. The SMILES string of the molecule is CCCCCCCCCCCCCCCN1CCOCC1.Cl.N. The summed E-state index contributed by atoms with van der Waals surface area (Å²) in [7, 11) is 0. The highest BCUT2D eigenvalue weighted by atomic mass is 35.5. The van der Waals surface area contributed by atoms with Gasteiger partial charge in [-0.05, 0) is 13.0 Å². The first-order chi connectivity index (χ1) is 10.4. The number of rotatable bonds is 14. The molecule has 0 aromatic carbocycles. The molecule has 142 valence electrons. The fourth-order valence-electron chi connectivity index (χ4n) is 3.18. The maximum absolute atomic E-state index is 5.38. The Kier molecular flexibility index (Phi) is 22.3. The maximum atomic E-state index is 5.38. The van der Waals surface area contributed by atoms with Crippen LogP contribution in [-0.2, 0) is 4.74 Å². The smallest absolute Gasteiger partial charge is 0.0594 e. The summed E-state index contributed by atoms with van der Waals surface area (Å²) in [6.07, 6.45) is 18.8. The van der Waals surface area contributed by atoms with Gasteiger partial charge in [0.15, 0.2) is 0 Å². The monoisotopic (exact) mass is 350 g/mol. The third-order valence-electron chi connectivity index (χ3n) is 4.68. The van der Waals surface area contributed by atoms with Crippen molar-refractivity contribution in [3.8, 4) is 0 Å². The number of halogens is 1. The van der Waals surface area contributed by atoms with Gasteiger partial charge >= 0.3 is 0 Å². The molecule has 0 atom stereocenters. The highest BCUT2D eigenvalue weighted by Crippen LogP contribution is 2.12. The molecule has 1 saturated heterocycles. The van der Waals surface area contributed by atoms with Crippen LogP contribution < -0.4 is 6.15 Å². The molecule has 0 radical (unpaired) electrons. The Morgan fingerprint density at radius 2 is 1.04 bits per heavy atom. The summed E-state index contributed by atoms with van der Waals surface area (Å²) in [5.74, 6) is 0. The second kappa shape index (κ2) is 20.2. The first-order valence-electron chi connectivity index (χ1n) is 9.73. The minimum atomic E-state index is 0. The van der Waals surface area contributed by atoms with Crippen LogP contribution in [0.4, 0.5) is 0 Å². The van der Waals surface area contributed by atoms with E-state index in [0.29, 0.717) is 0 Å². The molecule has 0 aliphatic carbocycles. The first kappa shape index (κ1) is 25.4. The predicted octanol–water partition coefficient (Wildman–Crippen LogP) is 5.99. The first-order valence-corrected chi connectivity index (χ1v) is 9.73. The highest BCUT2D eigenvalue weighted by molar-refractivity contribution is 5.85. The van der Waals surface area contributed by atoms with Crippen molar-refractivity contribution < 1.29 is 4.74 Å². The molecule has 3 nitrogen and oxygen atoms in total. The van der Waals surface area contributed by atoms with Crippen LogP contribution in [0.25, 0.3) is 0 Å². The lowest BCUT2D eigenvalue weighted by Gasteiger charge is -2.26. The van der Waals surface area contributed by atoms with Crippen LogP contribution in [0, 0.1) is 0 Å². The Balaban J connectivity index is 0. The molecular formula is C19H43ClN2O. The summed E-state index contributed by atoms with van der Waals surface area (Å²) in [5, 5.41) is 0. The van der Waals surface area contributed by atoms with Crippen molar-refractivity contribution in [2.24, 2.45) is 0 Å². The number of nitrogens with zero attached hydrogens (tertiary/aromatic N) is 1. The van der Waals surface area contributed by atoms with Gasteiger partial charge in [-0.1, -0.05) is 84.0 Å². The largest absolute Gasteiger partial charge is 0.379 e. The maximum Gasteiger partial charge on any atom is 0.0594 e. The second-order valence-corrected chi connectivity index (χ2v) is 6.70. The average Bonchev–Trinajstić information content (AvgIpc) is 2.53. The molecule has 0 aromatic rings. The van der Waals surface area contributed by atoms with Crippen molar-refractivity contribution >= 4 is 12.4 Å². The number of hydrogen-bond donors (Lipinski definition) is 1. The van der Waals surface area contributed by atoms with Crippen LogP contribution in [0.2, 0.25) is 0 Å². The van der Waals surface area contributed by atoms with Gasteiger partial charge in [0.25, 0.3) is 0 Å². The molecule has 4 heteroatoms. The summed E-state index contributed by atoms with van der Waals surface area (Å²) in [5.41, 5.74) is 0. The molecule has 0 saturated carbocycles. The highest BCUT2D eigenvalue weighted by Gasteiger charge is 2.08. The lowest BCUT2D eigenvalue weighted by atomic mass is 10.0. The van der Waals surface area contributed by atoms with Gasteiger partial charge in [-0.2, -0.15) is 0 Å². The van der Waals surface area contributed by atoms with Crippen LogP contribution in [0.3, 0.4) is 0 Å². The molecular weight excluding hydrogens is 308 g/mol. The minimum Gasteiger partial charge on any atom is -0.379 e. The van der Waals surface area contributed by atoms with E-state index in [2.05, 4.69) is 11.8 Å². The molecule has 0 spiro atoms. The summed E-state index contributed by atoms with van der Waals surface area (Å²) in [6.45, 7) is 7.77. The fourth-order valence-corrected chi connectivity index (χ4v) is 3.18. The second-order valence-electron chi connectivity index (χ2n) is 6.70. The number of morpholine rings is 1. The van der Waals surface area contributed by atoms with Crippen molar-refractivity contribution in [3.05, 3.63) is 0 Å². The van der Waals surface area contributed by atoms with Gasteiger partial charge < -0.3 is 10.9 Å². The van der Waals surface area contributed by atoms with Gasteiger partial charge in [-0.15, -0.1) is 12.4 Å². The minimum absolute atomic E-state index is 0. The molecule has 0 bridgehead atoms. The molecule has 3 N–H and O–H groups in total. The number of hydrogen-bond acceptors (Lipinski definition) is 3. The van der Waals surface area contributed by atoms with Crippen molar-refractivity contribution in [1.82, 2.24) is 11.1 Å². The van der Waals surface area contributed by atoms with Crippen LogP contribution in [-0.4, -0.2) is 37.7 Å². The van der Waals surface area contributed by atoms with E-state index >= 15 is 0 Å².